The molecule has 0 fully saturated rings. The Morgan fingerprint density at radius 1 is 1.50 bits per heavy atom. The second kappa shape index (κ2) is 7.77. The van der Waals surface area contributed by atoms with Gasteiger partial charge in [0.15, 0.2) is 0 Å². The Bertz CT molecular complexity index is 185. The molecular formula is C12H22O2. The smallest absolute Gasteiger partial charge is 0.0726 e. The van der Waals surface area contributed by atoms with Gasteiger partial charge in [0.05, 0.1) is 6.10 Å². The van der Waals surface area contributed by atoms with Gasteiger partial charge >= 0.3 is 0 Å². The van der Waals surface area contributed by atoms with E-state index in [1.807, 2.05) is 13.0 Å². The molecule has 0 saturated carbocycles. The minimum atomic E-state index is -0.389. The molecule has 2 unspecified atom stereocenters. The van der Waals surface area contributed by atoms with Crippen LogP contribution in [0.1, 0.15) is 33.1 Å². The Hall–Kier alpha value is -0.600. The van der Waals surface area contributed by atoms with Gasteiger partial charge in [-0.25, -0.2) is 0 Å². The van der Waals surface area contributed by atoms with Gasteiger partial charge in [0, 0.05) is 6.61 Å². The van der Waals surface area contributed by atoms with E-state index < -0.39 is 0 Å². The fourth-order valence-corrected chi connectivity index (χ4v) is 1.32. The number of allylic oxidation sites excluding steroid dienone is 2. The quantitative estimate of drug-likeness (QED) is 0.616. The fraction of sp³-hybridized carbons (Fsp3) is 0.667. The number of aliphatic hydroxyl groups is 2. The minimum absolute atomic E-state index is 0.238. The van der Waals surface area contributed by atoms with E-state index in [-0.39, 0.29) is 12.7 Å². The van der Waals surface area contributed by atoms with E-state index in [4.69, 9.17) is 5.11 Å². The Morgan fingerprint density at radius 3 is 2.64 bits per heavy atom. The van der Waals surface area contributed by atoms with Gasteiger partial charge in [-0.05, 0) is 32.1 Å². The summed E-state index contributed by atoms with van der Waals surface area (Å²) < 4.78 is 0. The summed E-state index contributed by atoms with van der Waals surface area (Å²) >= 11 is 0. The SMILES string of the molecule is C=C(C)C=CC(O)CC(C)CCCO. The van der Waals surface area contributed by atoms with Crippen LogP contribution in [0.2, 0.25) is 0 Å². The first-order valence-corrected chi connectivity index (χ1v) is 5.19. The summed E-state index contributed by atoms with van der Waals surface area (Å²) in [6.07, 6.45) is 5.76. The molecule has 14 heavy (non-hydrogen) atoms. The van der Waals surface area contributed by atoms with Crippen molar-refractivity contribution < 1.29 is 10.2 Å². The highest BCUT2D eigenvalue weighted by Crippen LogP contribution is 2.13. The molecule has 2 nitrogen and oxygen atoms in total. The molecule has 0 aromatic rings. The summed E-state index contributed by atoms with van der Waals surface area (Å²) in [6.45, 7) is 7.95. The Labute approximate surface area is 87.0 Å². The van der Waals surface area contributed by atoms with E-state index >= 15 is 0 Å². The molecule has 0 spiro atoms. The van der Waals surface area contributed by atoms with E-state index in [1.165, 1.54) is 0 Å². The van der Waals surface area contributed by atoms with Gasteiger partial charge in [-0.2, -0.15) is 0 Å². The van der Waals surface area contributed by atoms with Crippen LogP contribution >= 0.6 is 0 Å². The van der Waals surface area contributed by atoms with Gasteiger partial charge in [0.25, 0.3) is 0 Å². The molecule has 2 heteroatoms. The number of aliphatic hydroxyl groups excluding tert-OH is 2. The lowest BCUT2D eigenvalue weighted by molar-refractivity contribution is 0.182. The molecule has 0 amide bonds. The lowest BCUT2D eigenvalue weighted by Gasteiger charge is -2.12. The van der Waals surface area contributed by atoms with Crippen molar-refractivity contribution in [2.45, 2.75) is 39.2 Å². The number of rotatable bonds is 7. The Kier molecular flexibility index (Phi) is 7.44. The van der Waals surface area contributed by atoms with E-state index in [1.54, 1.807) is 6.08 Å². The first kappa shape index (κ1) is 13.4. The molecule has 0 aromatic carbocycles. The third-order valence-corrected chi connectivity index (χ3v) is 2.10. The first-order chi connectivity index (χ1) is 6.56. The zero-order valence-corrected chi connectivity index (χ0v) is 9.24. The van der Waals surface area contributed by atoms with Crippen LogP contribution in [0, 0.1) is 5.92 Å². The minimum Gasteiger partial charge on any atom is -0.396 e. The van der Waals surface area contributed by atoms with E-state index in [0.29, 0.717) is 5.92 Å². The van der Waals surface area contributed by atoms with Crippen molar-refractivity contribution in [2.75, 3.05) is 6.61 Å². The largest absolute Gasteiger partial charge is 0.396 e. The van der Waals surface area contributed by atoms with Gasteiger partial charge < -0.3 is 10.2 Å². The van der Waals surface area contributed by atoms with Crippen LogP contribution in [0.25, 0.3) is 0 Å². The maximum atomic E-state index is 9.58. The Morgan fingerprint density at radius 2 is 2.14 bits per heavy atom. The molecule has 0 heterocycles. The molecule has 0 radical (unpaired) electrons. The molecule has 0 aliphatic rings. The molecule has 0 bridgehead atoms. The van der Waals surface area contributed by atoms with Gasteiger partial charge in [-0.15, -0.1) is 0 Å². The summed E-state index contributed by atoms with van der Waals surface area (Å²) in [5.41, 5.74) is 0.951. The van der Waals surface area contributed by atoms with Crippen molar-refractivity contribution in [3.63, 3.8) is 0 Å². The van der Waals surface area contributed by atoms with Crippen LogP contribution in [-0.4, -0.2) is 22.9 Å². The van der Waals surface area contributed by atoms with Crippen molar-refractivity contribution in [2.24, 2.45) is 5.92 Å². The van der Waals surface area contributed by atoms with Crippen LogP contribution in [0.3, 0.4) is 0 Å². The molecule has 2 N–H and O–H groups in total. The average Bonchev–Trinajstić information content (AvgIpc) is 2.11. The van der Waals surface area contributed by atoms with Gasteiger partial charge in [0.2, 0.25) is 0 Å². The van der Waals surface area contributed by atoms with E-state index in [2.05, 4.69) is 13.5 Å². The summed E-state index contributed by atoms with van der Waals surface area (Å²) in [5.74, 6) is 0.451. The number of hydrogen-bond donors (Lipinski definition) is 2. The molecule has 82 valence electrons. The Balaban J connectivity index is 3.70. The van der Waals surface area contributed by atoms with Crippen molar-refractivity contribution in [1.29, 1.82) is 0 Å². The fourth-order valence-electron chi connectivity index (χ4n) is 1.32. The van der Waals surface area contributed by atoms with Crippen LogP contribution in [0.15, 0.2) is 24.3 Å². The number of hydrogen-bond acceptors (Lipinski definition) is 2. The van der Waals surface area contributed by atoms with Crippen molar-refractivity contribution >= 4 is 0 Å². The second-order valence-electron chi connectivity index (χ2n) is 3.98. The third-order valence-electron chi connectivity index (χ3n) is 2.10. The van der Waals surface area contributed by atoms with Crippen molar-refractivity contribution in [3.8, 4) is 0 Å². The monoisotopic (exact) mass is 198 g/mol. The normalized spacial score (nSPS) is 15.7. The van der Waals surface area contributed by atoms with Crippen LogP contribution in [0.5, 0.6) is 0 Å². The van der Waals surface area contributed by atoms with Gasteiger partial charge in [0.1, 0.15) is 0 Å². The molecule has 0 saturated heterocycles. The van der Waals surface area contributed by atoms with Crippen LogP contribution in [0.4, 0.5) is 0 Å². The van der Waals surface area contributed by atoms with E-state index in [9.17, 15) is 5.11 Å². The lowest BCUT2D eigenvalue weighted by Crippen LogP contribution is -2.09. The summed E-state index contributed by atoms with van der Waals surface area (Å²) in [7, 11) is 0. The molecule has 0 rings (SSSR count). The van der Waals surface area contributed by atoms with E-state index in [0.717, 1.165) is 24.8 Å². The van der Waals surface area contributed by atoms with Crippen molar-refractivity contribution in [3.05, 3.63) is 24.3 Å². The first-order valence-electron chi connectivity index (χ1n) is 5.19. The lowest BCUT2D eigenvalue weighted by atomic mass is 9.98. The standard InChI is InChI=1S/C12H22O2/c1-10(2)6-7-12(14)9-11(3)5-4-8-13/h6-7,11-14H,1,4-5,8-9H2,2-3H3. The highest BCUT2D eigenvalue weighted by Gasteiger charge is 2.06. The molecular weight excluding hydrogens is 176 g/mol. The maximum absolute atomic E-state index is 9.58. The summed E-state index contributed by atoms with van der Waals surface area (Å²) in [5, 5.41) is 18.2. The topological polar surface area (TPSA) is 40.5 Å². The molecule has 0 aromatic heterocycles. The molecule has 0 aliphatic carbocycles. The summed E-state index contributed by atoms with van der Waals surface area (Å²) in [4.78, 5) is 0. The highest BCUT2D eigenvalue weighted by molar-refractivity contribution is 5.12. The predicted octanol–water partition coefficient (Wildman–Crippen LogP) is 2.28. The van der Waals surface area contributed by atoms with Gasteiger partial charge in [-0.3, -0.25) is 0 Å². The summed E-state index contributed by atoms with van der Waals surface area (Å²) in [6, 6.07) is 0. The predicted molar refractivity (Wildman–Crippen MR) is 60.1 cm³/mol. The molecule has 0 aliphatic heterocycles. The van der Waals surface area contributed by atoms with Crippen LogP contribution in [-0.2, 0) is 0 Å². The second-order valence-corrected chi connectivity index (χ2v) is 3.98. The maximum Gasteiger partial charge on any atom is 0.0726 e. The average molecular weight is 198 g/mol. The third kappa shape index (κ3) is 8.02. The van der Waals surface area contributed by atoms with Gasteiger partial charge in [-0.1, -0.05) is 31.2 Å². The zero-order chi connectivity index (χ0) is 11.0. The van der Waals surface area contributed by atoms with Crippen LogP contribution < -0.4 is 0 Å². The highest BCUT2D eigenvalue weighted by atomic mass is 16.3. The zero-order valence-electron chi connectivity index (χ0n) is 9.24. The van der Waals surface area contributed by atoms with Crippen molar-refractivity contribution in [1.82, 2.24) is 0 Å². The molecule has 2 atom stereocenters.